The second-order valence-corrected chi connectivity index (χ2v) is 6.57. The van der Waals surface area contributed by atoms with Gasteiger partial charge in [0.25, 0.3) is 5.91 Å². The van der Waals surface area contributed by atoms with Crippen molar-refractivity contribution in [3.05, 3.63) is 72.1 Å². The number of anilines is 1. The highest BCUT2D eigenvalue weighted by atomic mass is 16.2. The lowest BCUT2D eigenvalue weighted by molar-refractivity contribution is -0.117. The third-order valence-corrected chi connectivity index (χ3v) is 4.78. The van der Waals surface area contributed by atoms with Crippen molar-refractivity contribution in [2.24, 2.45) is 5.92 Å². The van der Waals surface area contributed by atoms with Crippen LogP contribution in [0.1, 0.15) is 28.3 Å². The number of benzene rings is 2. The summed E-state index contributed by atoms with van der Waals surface area (Å²) < 4.78 is 0. The Morgan fingerprint density at radius 1 is 1.11 bits per heavy atom. The first-order valence-electron chi connectivity index (χ1n) is 8.60. The topological polar surface area (TPSA) is 94.9 Å². The van der Waals surface area contributed by atoms with Crippen molar-refractivity contribution in [3.63, 3.8) is 0 Å². The number of hydrogen-bond acceptors (Lipinski definition) is 4. The van der Waals surface area contributed by atoms with Gasteiger partial charge in [-0.15, -0.1) is 0 Å². The number of pyridine rings is 1. The molecule has 2 aromatic carbocycles. The fraction of sp³-hybridized carbons (Fsp3) is 0.143. The van der Waals surface area contributed by atoms with E-state index in [1.54, 1.807) is 36.8 Å². The Morgan fingerprint density at radius 2 is 2.00 bits per heavy atom. The maximum atomic E-state index is 12.6. The highest BCUT2D eigenvalue weighted by Crippen LogP contribution is 2.48. The Hall–Kier alpha value is -3.72. The Morgan fingerprint density at radius 3 is 2.85 bits per heavy atom. The van der Waals surface area contributed by atoms with Crippen LogP contribution in [0.3, 0.4) is 0 Å². The summed E-state index contributed by atoms with van der Waals surface area (Å²) >= 11 is 0. The molecule has 1 saturated carbocycles. The van der Waals surface area contributed by atoms with E-state index in [0.29, 0.717) is 5.56 Å². The molecule has 0 saturated heterocycles. The van der Waals surface area contributed by atoms with Gasteiger partial charge in [-0.25, -0.2) is 0 Å². The number of carbonyl (C=O) groups excluding carboxylic acids is 2. The minimum Gasteiger partial charge on any atom is -0.326 e. The van der Waals surface area contributed by atoms with Crippen LogP contribution in [-0.2, 0) is 4.79 Å². The van der Waals surface area contributed by atoms with Gasteiger partial charge in [-0.1, -0.05) is 18.2 Å². The molecule has 27 heavy (non-hydrogen) atoms. The maximum absolute atomic E-state index is 12.6. The molecular weight excluding hydrogens is 340 g/mol. The van der Waals surface area contributed by atoms with Crippen LogP contribution in [0.15, 0.2) is 60.9 Å². The first kappa shape index (κ1) is 16.7. The molecule has 4 rings (SSSR count). The van der Waals surface area contributed by atoms with Crippen LogP contribution >= 0.6 is 0 Å². The number of nitriles is 1. The molecule has 1 fully saturated rings. The summed E-state index contributed by atoms with van der Waals surface area (Å²) in [7, 11) is 0. The van der Waals surface area contributed by atoms with Gasteiger partial charge in [-0.2, -0.15) is 5.26 Å². The van der Waals surface area contributed by atoms with Crippen molar-refractivity contribution >= 4 is 28.3 Å². The molecular formula is C21H16N4O2. The van der Waals surface area contributed by atoms with Crippen molar-refractivity contribution in [1.82, 2.24) is 10.3 Å². The van der Waals surface area contributed by atoms with Crippen LogP contribution in [0, 0.1) is 17.4 Å². The smallest absolute Gasteiger partial charge is 0.264 e. The Balaban J connectivity index is 1.45. The maximum Gasteiger partial charge on any atom is 0.264 e. The van der Waals surface area contributed by atoms with Gasteiger partial charge in [-0.05, 0) is 53.6 Å². The molecule has 132 valence electrons. The van der Waals surface area contributed by atoms with E-state index in [0.717, 1.165) is 28.4 Å². The lowest BCUT2D eigenvalue weighted by Gasteiger charge is -2.07. The van der Waals surface area contributed by atoms with E-state index in [1.165, 1.54) is 0 Å². The molecule has 1 aliphatic carbocycles. The number of nitrogens with zero attached hydrogens (tertiary/aromatic N) is 2. The predicted molar refractivity (Wildman–Crippen MR) is 101 cm³/mol. The Bertz CT molecular complexity index is 1090. The van der Waals surface area contributed by atoms with Crippen LogP contribution in [0.2, 0.25) is 0 Å². The van der Waals surface area contributed by atoms with Crippen LogP contribution in [0.5, 0.6) is 0 Å². The number of rotatable bonds is 4. The molecule has 0 radical (unpaired) electrons. The lowest BCUT2D eigenvalue weighted by atomic mass is 10.0. The van der Waals surface area contributed by atoms with Crippen molar-refractivity contribution in [2.45, 2.75) is 12.3 Å². The fourth-order valence-electron chi connectivity index (χ4n) is 3.28. The Labute approximate surface area is 155 Å². The first-order valence-corrected chi connectivity index (χ1v) is 8.60. The third kappa shape index (κ3) is 3.48. The summed E-state index contributed by atoms with van der Waals surface area (Å²) in [6.45, 7) is 0. The molecule has 0 spiro atoms. The lowest BCUT2D eigenvalue weighted by Crippen LogP contribution is -2.17. The van der Waals surface area contributed by atoms with Crippen LogP contribution in [0.4, 0.5) is 5.69 Å². The molecule has 2 atom stereocenters. The van der Waals surface area contributed by atoms with E-state index in [9.17, 15) is 9.59 Å². The summed E-state index contributed by atoms with van der Waals surface area (Å²) in [6.07, 6.45) is 5.88. The number of hydrogen-bond donors (Lipinski definition) is 2. The van der Waals surface area contributed by atoms with E-state index >= 15 is 0 Å². The summed E-state index contributed by atoms with van der Waals surface area (Å²) in [5, 5.41) is 15.7. The van der Waals surface area contributed by atoms with Gasteiger partial charge in [0, 0.05) is 34.9 Å². The number of aromatic nitrogens is 1. The second-order valence-electron chi connectivity index (χ2n) is 6.57. The minimum absolute atomic E-state index is 0.0275. The van der Waals surface area contributed by atoms with E-state index in [-0.39, 0.29) is 17.7 Å². The quantitative estimate of drug-likeness (QED) is 0.554. The van der Waals surface area contributed by atoms with E-state index in [4.69, 9.17) is 5.26 Å². The molecule has 1 aliphatic rings. The van der Waals surface area contributed by atoms with Gasteiger partial charge in [-0.3, -0.25) is 19.9 Å². The number of fused-ring (bicyclic) bond motifs is 1. The van der Waals surface area contributed by atoms with Gasteiger partial charge < -0.3 is 5.32 Å². The van der Waals surface area contributed by atoms with Crippen molar-refractivity contribution < 1.29 is 9.59 Å². The van der Waals surface area contributed by atoms with Crippen molar-refractivity contribution in [3.8, 4) is 6.19 Å². The molecule has 6 nitrogen and oxygen atoms in total. The van der Waals surface area contributed by atoms with Crippen molar-refractivity contribution in [1.29, 1.82) is 5.26 Å². The van der Waals surface area contributed by atoms with Gasteiger partial charge in [0.15, 0.2) is 6.19 Å². The SMILES string of the molecule is N#CNC(=O)c1cccc([C@@H]2C[C@H]2C(=O)Nc2ccc3cnccc3c2)c1. The molecule has 6 heteroatoms. The van der Waals surface area contributed by atoms with Gasteiger partial charge in [0.1, 0.15) is 0 Å². The zero-order chi connectivity index (χ0) is 18.8. The molecule has 1 heterocycles. The zero-order valence-electron chi connectivity index (χ0n) is 14.3. The summed E-state index contributed by atoms with van der Waals surface area (Å²) in [6, 6.07) is 14.7. The molecule has 2 amide bonds. The van der Waals surface area contributed by atoms with Gasteiger partial charge in [0.2, 0.25) is 5.91 Å². The molecule has 3 aromatic rings. The highest BCUT2D eigenvalue weighted by Gasteiger charge is 2.44. The second kappa shape index (κ2) is 6.89. The van der Waals surface area contributed by atoms with Crippen LogP contribution < -0.4 is 10.6 Å². The standard InChI is InChI=1S/C21H16N4O2/c22-12-24-20(26)15-3-1-2-14(8-15)18-10-19(18)21(27)25-17-5-4-16-11-23-7-6-13(16)9-17/h1-9,11,18-19H,10H2,(H,24,26)(H,25,27)/t18-,19+/m0/s1. The van der Waals surface area contributed by atoms with E-state index in [2.05, 4.69) is 15.6 Å². The largest absolute Gasteiger partial charge is 0.326 e. The van der Waals surface area contributed by atoms with E-state index < -0.39 is 5.91 Å². The number of carbonyl (C=O) groups is 2. The first-order chi connectivity index (χ1) is 13.2. The fourth-order valence-corrected chi connectivity index (χ4v) is 3.28. The summed E-state index contributed by atoms with van der Waals surface area (Å²) in [4.78, 5) is 28.4. The normalized spacial score (nSPS) is 17.7. The molecule has 2 N–H and O–H groups in total. The minimum atomic E-state index is -0.438. The van der Waals surface area contributed by atoms with E-state index in [1.807, 2.05) is 30.3 Å². The van der Waals surface area contributed by atoms with Gasteiger partial charge >= 0.3 is 0 Å². The average Bonchev–Trinajstić information content (AvgIpc) is 3.49. The molecule has 0 unspecified atom stereocenters. The molecule has 0 bridgehead atoms. The number of nitrogens with one attached hydrogen (secondary N) is 2. The third-order valence-electron chi connectivity index (χ3n) is 4.78. The Kier molecular flexibility index (Phi) is 4.27. The predicted octanol–water partition coefficient (Wildman–Crippen LogP) is 3.19. The summed E-state index contributed by atoms with van der Waals surface area (Å²) in [5.41, 5.74) is 2.11. The zero-order valence-corrected chi connectivity index (χ0v) is 14.3. The number of amides is 2. The average molecular weight is 356 g/mol. The van der Waals surface area contributed by atoms with Crippen molar-refractivity contribution in [2.75, 3.05) is 5.32 Å². The van der Waals surface area contributed by atoms with Crippen LogP contribution in [-0.4, -0.2) is 16.8 Å². The highest BCUT2D eigenvalue weighted by molar-refractivity contribution is 5.98. The van der Waals surface area contributed by atoms with Gasteiger partial charge in [0.05, 0.1) is 0 Å². The monoisotopic (exact) mass is 356 g/mol. The van der Waals surface area contributed by atoms with Crippen LogP contribution in [0.25, 0.3) is 10.8 Å². The molecule has 1 aromatic heterocycles. The summed E-state index contributed by atoms with van der Waals surface area (Å²) in [5.74, 6) is -0.496. The molecule has 0 aliphatic heterocycles.